The summed E-state index contributed by atoms with van der Waals surface area (Å²) >= 11 is 0. The SMILES string of the molecule is CC(C)C1CC[C@H](C)N2C(=O)c3c(OCc4ccccc4)c(=O)c(C(=O)NCc4ccc(F)cc4F)cn3C[C@H]12. The van der Waals surface area contributed by atoms with Crippen molar-refractivity contribution in [3.63, 3.8) is 0 Å². The molecule has 1 N–H and O–H groups in total. The number of hydrogen-bond donors (Lipinski definition) is 1. The van der Waals surface area contributed by atoms with Gasteiger partial charge >= 0.3 is 0 Å². The van der Waals surface area contributed by atoms with Crippen molar-refractivity contribution < 1.29 is 23.1 Å². The number of halogens is 2. The Morgan fingerprint density at radius 3 is 2.55 bits per heavy atom. The highest BCUT2D eigenvalue weighted by Crippen LogP contribution is 2.38. The molecule has 0 spiro atoms. The quantitative estimate of drug-likeness (QED) is 0.454. The first kappa shape index (κ1) is 27.6. The third-order valence-electron chi connectivity index (χ3n) is 8.08. The average molecular weight is 550 g/mol. The minimum atomic E-state index is -0.800. The first-order valence-electron chi connectivity index (χ1n) is 13.6. The van der Waals surface area contributed by atoms with E-state index in [0.717, 1.165) is 30.5 Å². The maximum Gasteiger partial charge on any atom is 0.275 e. The molecule has 3 atom stereocenters. The number of fused-ring (bicyclic) bond motifs is 2. The second-order valence-corrected chi connectivity index (χ2v) is 11.0. The fraction of sp³-hybridized carbons (Fsp3) is 0.387. The Hall–Kier alpha value is -4.01. The molecule has 0 bridgehead atoms. The van der Waals surface area contributed by atoms with E-state index < -0.39 is 23.0 Å². The van der Waals surface area contributed by atoms with Crippen LogP contribution in [0.25, 0.3) is 0 Å². The lowest BCUT2D eigenvalue weighted by molar-refractivity contribution is 0.00648. The van der Waals surface area contributed by atoms with Gasteiger partial charge in [-0.2, -0.15) is 0 Å². The molecule has 7 nitrogen and oxygen atoms in total. The number of pyridine rings is 1. The summed E-state index contributed by atoms with van der Waals surface area (Å²) in [6.07, 6.45) is 3.27. The van der Waals surface area contributed by atoms with Crippen LogP contribution in [0.4, 0.5) is 8.78 Å². The zero-order chi connectivity index (χ0) is 28.6. The standard InChI is InChI=1S/C31H33F2N3O4/c1-18(2)23-12-9-19(3)36-26(23)16-35-15-24(30(38)34-14-21-10-11-22(32)13-25(21)33)28(37)29(27(35)31(36)39)40-17-20-7-5-4-6-8-20/h4-8,10-11,13,15,18-19,23,26H,9,12,14,16-17H2,1-3H3,(H,34,38)/t19-,23?,26+/m0/s1. The van der Waals surface area contributed by atoms with Crippen LogP contribution >= 0.6 is 0 Å². The zero-order valence-electron chi connectivity index (χ0n) is 22.8. The number of aromatic nitrogens is 1. The lowest BCUT2D eigenvalue weighted by atomic mass is 9.77. The van der Waals surface area contributed by atoms with Gasteiger partial charge < -0.3 is 19.5 Å². The predicted molar refractivity (Wildman–Crippen MR) is 146 cm³/mol. The number of hydrogen-bond acceptors (Lipinski definition) is 4. The van der Waals surface area contributed by atoms with Gasteiger partial charge in [-0.3, -0.25) is 14.4 Å². The topological polar surface area (TPSA) is 80.6 Å². The molecule has 1 unspecified atom stereocenters. The summed E-state index contributed by atoms with van der Waals surface area (Å²) in [6, 6.07) is 12.2. The van der Waals surface area contributed by atoms with Crippen molar-refractivity contribution in [1.29, 1.82) is 0 Å². The summed E-state index contributed by atoms with van der Waals surface area (Å²) in [6.45, 7) is 6.53. The van der Waals surface area contributed by atoms with Gasteiger partial charge in [0.1, 0.15) is 23.8 Å². The van der Waals surface area contributed by atoms with Crippen LogP contribution in [0.15, 0.2) is 59.5 Å². The molecule has 1 aromatic heterocycles. The Morgan fingerprint density at radius 1 is 1.10 bits per heavy atom. The van der Waals surface area contributed by atoms with Crippen molar-refractivity contribution in [3.8, 4) is 5.75 Å². The Kier molecular flexibility index (Phi) is 7.74. The van der Waals surface area contributed by atoms with E-state index in [9.17, 15) is 23.2 Å². The van der Waals surface area contributed by atoms with Crippen molar-refractivity contribution in [2.24, 2.45) is 11.8 Å². The van der Waals surface area contributed by atoms with Gasteiger partial charge in [-0.05, 0) is 43.2 Å². The second-order valence-electron chi connectivity index (χ2n) is 11.0. The summed E-state index contributed by atoms with van der Waals surface area (Å²) in [5.41, 5.74) is 0.0935. The van der Waals surface area contributed by atoms with Crippen LogP contribution in [0.5, 0.6) is 5.75 Å². The van der Waals surface area contributed by atoms with Crippen LogP contribution in [-0.4, -0.2) is 33.4 Å². The van der Waals surface area contributed by atoms with Crippen LogP contribution in [-0.2, 0) is 19.7 Å². The summed E-state index contributed by atoms with van der Waals surface area (Å²) in [4.78, 5) is 42.8. The molecule has 1 saturated heterocycles. The number of amides is 2. The maximum absolute atomic E-state index is 14.1. The number of rotatable bonds is 7. The van der Waals surface area contributed by atoms with E-state index in [2.05, 4.69) is 19.2 Å². The normalized spacial score (nSPS) is 20.2. The summed E-state index contributed by atoms with van der Waals surface area (Å²) in [7, 11) is 0. The van der Waals surface area contributed by atoms with E-state index >= 15 is 0 Å². The van der Waals surface area contributed by atoms with E-state index in [0.29, 0.717) is 12.5 Å². The third kappa shape index (κ3) is 5.24. The van der Waals surface area contributed by atoms with Gasteiger partial charge in [0.25, 0.3) is 11.8 Å². The molecule has 0 radical (unpaired) electrons. The molecule has 1 fully saturated rings. The second kappa shape index (κ2) is 11.2. The maximum atomic E-state index is 14.1. The van der Waals surface area contributed by atoms with Gasteiger partial charge in [0, 0.05) is 37.0 Å². The molecule has 210 valence electrons. The number of nitrogens with zero attached hydrogens (tertiary/aromatic N) is 2. The van der Waals surface area contributed by atoms with Gasteiger partial charge in [0.15, 0.2) is 11.4 Å². The number of piperidine rings is 1. The smallest absolute Gasteiger partial charge is 0.275 e. The lowest BCUT2D eigenvalue weighted by Gasteiger charge is -2.50. The number of ether oxygens (including phenoxy) is 1. The minimum Gasteiger partial charge on any atom is -0.483 e. The minimum absolute atomic E-state index is 0.00639. The summed E-state index contributed by atoms with van der Waals surface area (Å²) in [5, 5.41) is 2.56. The van der Waals surface area contributed by atoms with E-state index in [1.165, 1.54) is 12.3 Å². The summed E-state index contributed by atoms with van der Waals surface area (Å²) < 4.78 is 35.1. The molecule has 0 aliphatic carbocycles. The van der Waals surface area contributed by atoms with Crippen molar-refractivity contribution in [1.82, 2.24) is 14.8 Å². The van der Waals surface area contributed by atoms with Crippen LogP contribution in [0.1, 0.15) is 65.6 Å². The number of nitrogens with one attached hydrogen (secondary N) is 1. The lowest BCUT2D eigenvalue weighted by Crippen LogP contribution is -2.59. The molecule has 0 saturated carbocycles. The molecule has 2 aromatic carbocycles. The Balaban J connectivity index is 1.54. The van der Waals surface area contributed by atoms with Gasteiger partial charge in [-0.15, -0.1) is 0 Å². The van der Waals surface area contributed by atoms with E-state index in [1.807, 2.05) is 42.2 Å². The molecule has 3 aromatic rings. The van der Waals surface area contributed by atoms with Crippen LogP contribution in [0.3, 0.4) is 0 Å². The predicted octanol–water partition coefficient (Wildman–Crippen LogP) is 4.91. The Labute approximate surface area is 231 Å². The van der Waals surface area contributed by atoms with Crippen LogP contribution < -0.4 is 15.5 Å². The number of benzene rings is 2. The van der Waals surface area contributed by atoms with Crippen molar-refractivity contribution in [3.05, 3.63) is 99.0 Å². The highest BCUT2D eigenvalue weighted by atomic mass is 19.1. The molecule has 2 amide bonds. The molecule has 3 heterocycles. The van der Waals surface area contributed by atoms with Gasteiger partial charge in [-0.25, -0.2) is 8.78 Å². The fourth-order valence-corrected chi connectivity index (χ4v) is 5.94. The molecule has 2 aliphatic rings. The molecular weight excluding hydrogens is 516 g/mol. The summed E-state index contributed by atoms with van der Waals surface area (Å²) in [5.74, 6) is -2.11. The molecule has 5 rings (SSSR count). The zero-order valence-corrected chi connectivity index (χ0v) is 22.8. The van der Waals surface area contributed by atoms with Crippen molar-refractivity contribution in [2.75, 3.05) is 0 Å². The van der Waals surface area contributed by atoms with Crippen molar-refractivity contribution >= 4 is 11.8 Å². The van der Waals surface area contributed by atoms with Gasteiger partial charge in [-0.1, -0.05) is 50.2 Å². The van der Waals surface area contributed by atoms with E-state index in [-0.39, 0.29) is 59.6 Å². The molecule has 40 heavy (non-hydrogen) atoms. The highest BCUT2D eigenvalue weighted by molar-refractivity contribution is 5.99. The average Bonchev–Trinajstić information content (AvgIpc) is 2.92. The molecule has 9 heteroatoms. The van der Waals surface area contributed by atoms with Crippen LogP contribution in [0.2, 0.25) is 0 Å². The van der Waals surface area contributed by atoms with Crippen molar-refractivity contribution in [2.45, 2.75) is 65.4 Å². The molecular formula is C31H33F2N3O4. The Morgan fingerprint density at radius 2 is 1.85 bits per heavy atom. The van der Waals surface area contributed by atoms with Crippen LogP contribution in [0, 0.1) is 23.5 Å². The fourth-order valence-electron chi connectivity index (χ4n) is 5.94. The van der Waals surface area contributed by atoms with Gasteiger partial charge in [0.2, 0.25) is 5.43 Å². The number of carbonyl (C=O) groups is 2. The van der Waals surface area contributed by atoms with E-state index in [4.69, 9.17) is 4.74 Å². The molecule has 2 aliphatic heterocycles. The van der Waals surface area contributed by atoms with Gasteiger partial charge in [0.05, 0.1) is 6.04 Å². The third-order valence-corrected chi connectivity index (χ3v) is 8.08. The first-order valence-corrected chi connectivity index (χ1v) is 13.6. The Bertz CT molecular complexity index is 1490. The number of carbonyl (C=O) groups excluding carboxylic acids is 2. The highest BCUT2D eigenvalue weighted by Gasteiger charge is 2.45. The van der Waals surface area contributed by atoms with E-state index in [1.54, 1.807) is 4.57 Å². The first-order chi connectivity index (χ1) is 19.2. The monoisotopic (exact) mass is 549 g/mol. The largest absolute Gasteiger partial charge is 0.483 e.